The van der Waals surface area contributed by atoms with E-state index in [1.54, 1.807) is 6.07 Å². The van der Waals surface area contributed by atoms with Crippen LogP contribution in [0, 0.1) is 6.07 Å². The number of nitrogens with one attached hydrogen (secondary N) is 2. The number of nitrogens with zero attached hydrogens (tertiary/aromatic N) is 2. The highest BCUT2D eigenvalue weighted by molar-refractivity contribution is 5.75. The molecule has 5 rings (SSSR count). The molecule has 5 heteroatoms. The summed E-state index contributed by atoms with van der Waals surface area (Å²) in [6.07, 6.45) is 0. The zero-order valence-corrected chi connectivity index (χ0v) is 16.1. The van der Waals surface area contributed by atoms with Gasteiger partial charge in [-0.3, -0.25) is 0 Å². The molecule has 1 fully saturated rings. The van der Waals surface area contributed by atoms with Gasteiger partial charge in [-0.1, -0.05) is 30.3 Å². The first-order valence-electron chi connectivity index (χ1n) is 9.99. The maximum atomic E-state index is 10.6. The summed E-state index contributed by atoms with van der Waals surface area (Å²) in [5.74, 6) is 0.881. The van der Waals surface area contributed by atoms with E-state index in [2.05, 4.69) is 27.3 Å². The fourth-order valence-electron chi connectivity index (χ4n) is 4.08. The monoisotopic (exact) mass is 383 g/mol. The molecular formula is C24H23N4O. The number of rotatable bonds is 4. The van der Waals surface area contributed by atoms with Gasteiger partial charge in [0.05, 0.1) is 17.0 Å². The molecule has 1 atom stereocenters. The van der Waals surface area contributed by atoms with Crippen molar-refractivity contribution in [2.24, 2.45) is 0 Å². The lowest BCUT2D eigenvalue weighted by molar-refractivity contribution is 0.466. The molecule has 0 bridgehead atoms. The number of imidazole rings is 1. The van der Waals surface area contributed by atoms with Crippen molar-refractivity contribution in [2.75, 3.05) is 31.1 Å². The van der Waals surface area contributed by atoms with Crippen LogP contribution in [-0.4, -0.2) is 41.3 Å². The Kier molecular flexibility index (Phi) is 4.66. The minimum Gasteiger partial charge on any atom is -0.508 e. The van der Waals surface area contributed by atoms with Crippen molar-refractivity contribution < 1.29 is 5.11 Å². The van der Waals surface area contributed by atoms with Gasteiger partial charge in [-0.2, -0.15) is 0 Å². The van der Waals surface area contributed by atoms with Gasteiger partial charge in [0.2, 0.25) is 0 Å². The number of fused-ring (bicyclic) bond motifs is 1. The van der Waals surface area contributed by atoms with Gasteiger partial charge < -0.3 is 20.3 Å². The molecule has 145 valence electrons. The van der Waals surface area contributed by atoms with Crippen molar-refractivity contribution in [3.63, 3.8) is 0 Å². The van der Waals surface area contributed by atoms with E-state index in [0.717, 1.165) is 59.9 Å². The third kappa shape index (κ3) is 3.45. The minimum atomic E-state index is -0.206. The average molecular weight is 383 g/mol. The van der Waals surface area contributed by atoms with E-state index < -0.39 is 0 Å². The molecule has 0 amide bonds. The van der Waals surface area contributed by atoms with E-state index in [-0.39, 0.29) is 11.7 Å². The van der Waals surface area contributed by atoms with Crippen molar-refractivity contribution in [1.29, 1.82) is 0 Å². The minimum absolute atomic E-state index is 0.206. The van der Waals surface area contributed by atoms with Crippen LogP contribution in [0.25, 0.3) is 11.0 Å². The highest BCUT2D eigenvalue weighted by Gasteiger charge is 2.24. The molecule has 1 aliphatic rings. The van der Waals surface area contributed by atoms with Crippen LogP contribution >= 0.6 is 0 Å². The standard InChI is InChI=1S/C24H23N4O/c29-22-11-4-1-8-19(22)23(24-26-20-9-2-3-10-21(20)27-24)17-6-5-7-18(16-17)28-14-12-25-13-15-28/h1-4,6-11,16,23,25,29H,12-15H2,(H,26,27). The highest BCUT2D eigenvalue weighted by Crippen LogP contribution is 2.37. The SMILES string of the molecule is Oc1ccccc1C(c1c[c]cc(N2CCNCC2)c1)c1nc2ccccc2[nH]1. The Morgan fingerprint density at radius 2 is 1.79 bits per heavy atom. The maximum absolute atomic E-state index is 10.6. The Labute approximate surface area is 170 Å². The largest absolute Gasteiger partial charge is 0.508 e. The Morgan fingerprint density at radius 1 is 1.00 bits per heavy atom. The molecule has 1 radical (unpaired) electrons. The number of benzene rings is 3. The molecule has 5 nitrogen and oxygen atoms in total. The molecule has 1 unspecified atom stereocenters. The first kappa shape index (κ1) is 17.8. The van der Waals surface area contributed by atoms with Crippen molar-refractivity contribution >= 4 is 16.7 Å². The molecule has 1 aromatic heterocycles. The highest BCUT2D eigenvalue weighted by atomic mass is 16.3. The molecule has 0 spiro atoms. The Morgan fingerprint density at radius 3 is 2.62 bits per heavy atom. The molecule has 2 heterocycles. The fourth-order valence-corrected chi connectivity index (χ4v) is 4.08. The van der Waals surface area contributed by atoms with E-state index >= 15 is 0 Å². The summed E-state index contributed by atoms with van der Waals surface area (Å²) in [5, 5.41) is 14.0. The summed E-state index contributed by atoms with van der Waals surface area (Å²) in [5.41, 5.74) is 4.95. The molecule has 29 heavy (non-hydrogen) atoms. The molecule has 1 aliphatic heterocycles. The molecule has 0 saturated carbocycles. The molecule has 1 saturated heterocycles. The summed E-state index contributed by atoms with van der Waals surface area (Å²) in [4.78, 5) is 10.7. The number of hydrogen-bond donors (Lipinski definition) is 3. The van der Waals surface area contributed by atoms with E-state index in [9.17, 15) is 5.11 Å². The van der Waals surface area contributed by atoms with Crippen LogP contribution in [-0.2, 0) is 0 Å². The number of para-hydroxylation sites is 3. The molecule has 0 aliphatic carbocycles. The van der Waals surface area contributed by atoms with Crippen LogP contribution in [0.5, 0.6) is 5.75 Å². The predicted molar refractivity (Wildman–Crippen MR) is 116 cm³/mol. The van der Waals surface area contributed by atoms with E-state index in [1.807, 2.05) is 54.6 Å². The predicted octanol–water partition coefficient (Wildman–Crippen LogP) is 3.66. The van der Waals surface area contributed by atoms with E-state index in [0.29, 0.717) is 0 Å². The molecular weight excluding hydrogens is 360 g/mol. The van der Waals surface area contributed by atoms with Crippen molar-refractivity contribution in [2.45, 2.75) is 5.92 Å². The number of phenols is 1. The van der Waals surface area contributed by atoms with Crippen molar-refractivity contribution in [3.05, 3.63) is 89.7 Å². The lowest BCUT2D eigenvalue weighted by atomic mass is 9.89. The van der Waals surface area contributed by atoms with Gasteiger partial charge in [0.15, 0.2) is 0 Å². The van der Waals surface area contributed by atoms with Gasteiger partial charge in [-0.15, -0.1) is 0 Å². The fraction of sp³-hybridized carbons (Fsp3) is 0.208. The lowest BCUT2D eigenvalue weighted by Crippen LogP contribution is -2.43. The summed E-state index contributed by atoms with van der Waals surface area (Å²) in [7, 11) is 0. The number of aromatic hydroxyl groups is 1. The van der Waals surface area contributed by atoms with Gasteiger partial charge in [-0.25, -0.2) is 4.98 Å². The van der Waals surface area contributed by atoms with Crippen LogP contribution in [0.15, 0.2) is 66.7 Å². The molecule has 3 aromatic carbocycles. The van der Waals surface area contributed by atoms with Gasteiger partial charge in [-0.05, 0) is 48.0 Å². The van der Waals surface area contributed by atoms with Crippen LogP contribution in [0.1, 0.15) is 22.9 Å². The number of anilines is 1. The average Bonchev–Trinajstić information content (AvgIpc) is 3.20. The number of piperazine rings is 1. The second-order valence-corrected chi connectivity index (χ2v) is 7.39. The number of aromatic amines is 1. The van der Waals surface area contributed by atoms with Crippen LogP contribution in [0.4, 0.5) is 5.69 Å². The van der Waals surface area contributed by atoms with Crippen molar-refractivity contribution in [1.82, 2.24) is 15.3 Å². The number of hydrogen-bond acceptors (Lipinski definition) is 4. The summed E-state index contributed by atoms with van der Waals surface area (Å²) < 4.78 is 0. The zero-order valence-electron chi connectivity index (χ0n) is 16.1. The van der Waals surface area contributed by atoms with Crippen molar-refractivity contribution in [3.8, 4) is 5.75 Å². The molecule has 3 N–H and O–H groups in total. The number of phenolic OH excluding ortho intramolecular Hbond substituents is 1. The third-order valence-corrected chi connectivity index (χ3v) is 5.54. The second kappa shape index (κ2) is 7.60. The van der Waals surface area contributed by atoms with E-state index in [4.69, 9.17) is 4.98 Å². The quantitative estimate of drug-likeness (QED) is 0.503. The van der Waals surface area contributed by atoms with Crippen LogP contribution in [0.2, 0.25) is 0 Å². The van der Waals surface area contributed by atoms with Crippen LogP contribution < -0.4 is 10.2 Å². The third-order valence-electron chi connectivity index (χ3n) is 5.54. The Bertz CT molecular complexity index is 1100. The Balaban J connectivity index is 1.63. The zero-order chi connectivity index (χ0) is 19.6. The maximum Gasteiger partial charge on any atom is 0.119 e. The summed E-state index contributed by atoms with van der Waals surface area (Å²) in [6.45, 7) is 3.92. The summed E-state index contributed by atoms with van der Waals surface area (Å²) >= 11 is 0. The number of H-pyrrole nitrogens is 1. The first-order chi connectivity index (χ1) is 14.3. The second-order valence-electron chi connectivity index (χ2n) is 7.39. The van der Waals surface area contributed by atoms with Gasteiger partial charge >= 0.3 is 0 Å². The van der Waals surface area contributed by atoms with Gasteiger partial charge in [0, 0.05) is 37.4 Å². The van der Waals surface area contributed by atoms with Gasteiger partial charge in [0.1, 0.15) is 11.6 Å². The lowest BCUT2D eigenvalue weighted by Gasteiger charge is -2.30. The molecule has 4 aromatic rings. The first-order valence-corrected chi connectivity index (χ1v) is 9.99. The van der Waals surface area contributed by atoms with E-state index in [1.165, 1.54) is 0 Å². The van der Waals surface area contributed by atoms with Crippen LogP contribution in [0.3, 0.4) is 0 Å². The normalized spacial score (nSPS) is 15.5. The topological polar surface area (TPSA) is 64.2 Å². The smallest absolute Gasteiger partial charge is 0.119 e. The Hall–Kier alpha value is -3.31. The number of aromatic nitrogens is 2. The summed E-state index contributed by atoms with van der Waals surface area (Å²) in [6, 6.07) is 25.1. The van der Waals surface area contributed by atoms with Gasteiger partial charge in [0.25, 0.3) is 0 Å².